The first-order valence-electron chi connectivity index (χ1n) is 5.32. The minimum Gasteiger partial charge on any atom is -0.393 e. The Balaban J connectivity index is 2.65. The maximum Gasteiger partial charge on any atom is 0.146 e. The molecular formula is C12H16ClFN2S. The Hall–Kier alpha value is -0.710. The zero-order valence-corrected chi connectivity index (χ0v) is 11.5. The van der Waals surface area contributed by atoms with E-state index in [4.69, 9.17) is 29.6 Å². The zero-order valence-electron chi connectivity index (χ0n) is 9.91. The number of rotatable bonds is 5. The molecule has 0 radical (unpaired) electrons. The van der Waals surface area contributed by atoms with Gasteiger partial charge in [-0.05, 0) is 13.1 Å². The number of nitrogens with zero attached hydrogens (tertiary/aromatic N) is 1. The SMILES string of the molecule is CC(CN(C)Cc1cccc(Cl)c1F)C(N)=S. The van der Waals surface area contributed by atoms with Crippen molar-refractivity contribution in [2.24, 2.45) is 11.7 Å². The number of nitrogens with two attached hydrogens (primary N) is 1. The standard InChI is InChI=1S/C12H16ClFN2S/c1-8(12(15)17)6-16(2)7-9-4-3-5-10(13)11(9)14/h3-5,8H,6-7H2,1-2H3,(H2,15,17). The highest BCUT2D eigenvalue weighted by atomic mass is 35.5. The van der Waals surface area contributed by atoms with Gasteiger partial charge in [0.05, 0.1) is 10.0 Å². The summed E-state index contributed by atoms with van der Waals surface area (Å²) < 4.78 is 13.6. The van der Waals surface area contributed by atoms with E-state index in [0.717, 1.165) is 0 Å². The molecule has 1 aromatic carbocycles. The smallest absolute Gasteiger partial charge is 0.146 e. The normalized spacial score (nSPS) is 12.8. The Labute approximate surface area is 112 Å². The number of hydrogen-bond acceptors (Lipinski definition) is 2. The molecule has 1 atom stereocenters. The minimum absolute atomic E-state index is 0.109. The van der Waals surface area contributed by atoms with Crippen molar-refractivity contribution < 1.29 is 4.39 Å². The summed E-state index contributed by atoms with van der Waals surface area (Å²) in [7, 11) is 1.90. The van der Waals surface area contributed by atoms with E-state index in [-0.39, 0.29) is 16.8 Å². The first kappa shape index (κ1) is 14.4. The van der Waals surface area contributed by atoms with Crippen molar-refractivity contribution in [3.05, 3.63) is 34.6 Å². The van der Waals surface area contributed by atoms with Gasteiger partial charge in [-0.3, -0.25) is 0 Å². The van der Waals surface area contributed by atoms with Gasteiger partial charge in [0.15, 0.2) is 0 Å². The van der Waals surface area contributed by atoms with Crippen molar-refractivity contribution >= 4 is 28.8 Å². The summed E-state index contributed by atoms with van der Waals surface area (Å²) in [6.07, 6.45) is 0. The highest BCUT2D eigenvalue weighted by molar-refractivity contribution is 7.80. The third-order valence-electron chi connectivity index (χ3n) is 2.54. The Kier molecular flexibility index (Phi) is 5.31. The highest BCUT2D eigenvalue weighted by Crippen LogP contribution is 2.19. The lowest BCUT2D eigenvalue weighted by Crippen LogP contribution is -2.31. The van der Waals surface area contributed by atoms with Gasteiger partial charge in [-0.25, -0.2) is 4.39 Å². The average molecular weight is 275 g/mol. The van der Waals surface area contributed by atoms with Crippen molar-refractivity contribution in [2.45, 2.75) is 13.5 Å². The van der Waals surface area contributed by atoms with E-state index in [1.54, 1.807) is 12.1 Å². The topological polar surface area (TPSA) is 29.3 Å². The second kappa shape index (κ2) is 6.28. The van der Waals surface area contributed by atoms with Crippen LogP contribution in [0.25, 0.3) is 0 Å². The molecule has 2 nitrogen and oxygen atoms in total. The van der Waals surface area contributed by atoms with Crippen LogP contribution in [0, 0.1) is 11.7 Å². The van der Waals surface area contributed by atoms with Crippen LogP contribution in [0.1, 0.15) is 12.5 Å². The Morgan fingerprint density at radius 3 is 2.82 bits per heavy atom. The molecule has 0 fully saturated rings. The van der Waals surface area contributed by atoms with E-state index in [1.807, 2.05) is 18.9 Å². The van der Waals surface area contributed by atoms with Crippen LogP contribution in [0.3, 0.4) is 0 Å². The lowest BCUT2D eigenvalue weighted by Gasteiger charge is -2.21. The van der Waals surface area contributed by atoms with Gasteiger partial charge in [0.25, 0.3) is 0 Å². The van der Waals surface area contributed by atoms with Gasteiger partial charge in [-0.15, -0.1) is 0 Å². The summed E-state index contributed by atoms with van der Waals surface area (Å²) in [5.74, 6) is -0.249. The quantitative estimate of drug-likeness (QED) is 0.838. The molecule has 5 heteroatoms. The summed E-state index contributed by atoms with van der Waals surface area (Å²) in [5.41, 5.74) is 6.12. The van der Waals surface area contributed by atoms with Gasteiger partial charge in [-0.2, -0.15) is 0 Å². The summed E-state index contributed by atoms with van der Waals surface area (Å²) >= 11 is 10.6. The molecule has 1 aromatic rings. The largest absolute Gasteiger partial charge is 0.393 e. The van der Waals surface area contributed by atoms with Gasteiger partial charge in [-0.1, -0.05) is 42.9 Å². The summed E-state index contributed by atoms with van der Waals surface area (Å²) in [4.78, 5) is 2.45. The molecule has 94 valence electrons. The number of benzene rings is 1. The van der Waals surface area contributed by atoms with Gasteiger partial charge >= 0.3 is 0 Å². The second-order valence-electron chi connectivity index (χ2n) is 4.21. The summed E-state index contributed by atoms with van der Waals surface area (Å²) in [5, 5.41) is 0.151. The molecular weight excluding hydrogens is 259 g/mol. The van der Waals surface area contributed by atoms with Crippen LogP contribution in [-0.2, 0) is 6.54 Å². The third kappa shape index (κ3) is 4.22. The van der Waals surface area contributed by atoms with Crippen LogP contribution in [0.5, 0.6) is 0 Å². The molecule has 0 aromatic heterocycles. The number of thiocarbonyl (C=S) groups is 1. The van der Waals surface area contributed by atoms with Crippen LogP contribution in [-0.4, -0.2) is 23.5 Å². The molecule has 0 spiro atoms. The van der Waals surface area contributed by atoms with Crippen LogP contribution in [0.4, 0.5) is 4.39 Å². The van der Waals surface area contributed by atoms with Gasteiger partial charge in [0, 0.05) is 24.6 Å². The van der Waals surface area contributed by atoms with Crippen LogP contribution in [0.2, 0.25) is 5.02 Å². The Morgan fingerprint density at radius 2 is 2.24 bits per heavy atom. The molecule has 0 aliphatic carbocycles. The van der Waals surface area contributed by atoms with Crippen molar-refractivity contribution in [1.29, 1.82) is 0 Å². The molecule has 0 aliphatic heterocycles. The molecule has 1 rings (SSSR count). The van der Waals surface area contributed by atoms with E-state index >= 15 is 0 Å². The summed E-state index contributed by atoms with van der Waals surface area (Å²) in [6.45, 7) is 3.13. The molecule has 0 aliphatic rings. The first-order valence-corrected chi connectivity index (χ1v) is 6.11. The maximum absolute atomic E-state index is 13.6. The fourth-order valence-corrected chi connectivity index (χ4v) is 1.85. The minimum atomic E-state index is -0.357. The van der Waals surface area contributed by atoms with E-state index in [2.05, 4.69) is 0 Å². The van der Waals surface area contributed by atoms with Crippen molar-refractivity contribution in [2.75, 3.05) is 13.6 Å². The van der Waals surface area contributed by atoms with Gasteiger partial charge in [0.2, 0.25) is 0 Å². The predicted octanol–water partition coefficient (Wildman–Crippen LogP) is 2.83. The highest BCUT2D eigenvalue weighted by Gasteiger charge is 2.12. The van der Waals surface area contributed by atoms with Crippen LogP contribution < -0.4 is 5.73 Å². The number of halogens is 2. The summed E-state index contributed by atoms with van der Waals surface area (Å²) in [6, 6.07) is 5.01. The van der Waals surface area contributed by atoms with Gasteiger partial charge < -0.3 is 10.6 Å². The molecule has 0 heterocycles. The van der Waals surface area contributed by atoms with Gasteiger partial charge in [0.1, 0.15) is 5.82 Å². The Morgan fingerprint density at radius 1 is 1.59 bits per heavy atom. The maximum atomic E-state index is 13.6. The molecule has 2 N–H and O–H groups in total. The van der Waals surface area contributed by atoms with E-state index in [1.165, 1.54) is 6.07 Å². The third-order valence-corrected chi connectivity index (χ3v) is 3.24. The predicted molar refractivity (Wildman–Crippen MR) is 73.7 cm³/mol. The van der Waals surface area contributed by atoms with Crippen LogP contribution >= 0.6 is 23.8 Å². The lowest BCUT2D eigenvalue weighted by molar-refractivity contribution is 0.303. The molecule has 0 bridgehead atoms. The van der Waals surface area contributed by atoms with E-state index in [0.29, 0.717) is 23.6 Å². The molecule has 0 amide bonds. The molecule has 0 saturated heterocycles. The molecule has 0 saturated carbocycles. The fraction of sp³-hybridized carbons (Fsp3) is 0.417. The average Bonchev–Trinajstić information content (AvgIpc) is 2.24. The second-order valence-corrected chi connectivity index (χ2v) is 5.09. The van der Waals surface area contributed by atoms with Crippen molar-refractivity contribution in [3.63, 3.8) is 0 Å². The zero-order chi connectivity index (χ0) is 13.0. The van der Waals surface area contributed by atoms with E-state index in [9.17, 15) is 4.39 Å². The van der Waals surface area contributed by atoms with Crippen molar-refractivity contribution in [3.8, 4) is 0 Å². The fourth-order valence-electron chi connectivity index (χ4n) is 1.58. The van der Waals surface area contributed by atoms with Crippen molar-refractivity contribution in [1.82, 2.24) is 4.90 Å². The first-order chi connectivity index (χ1) is 7.91. The number of hydrogen-bond donors (Lipinski definition) is 1. The molecule has 17 heavy (non-hydrogen) atoms. The Bertz CT molecular complexity index is 411. The van der Waals surface area contributed by atoms with E-state index < -0.39 is 0 Å². The lowest BCUT2D eigenvalue weighted by atomic mass is 10.1. The molecule has 1 unspecified atom stereocenters. The van der Waals surface area contributed by atoms with Crippen LogP contribution in [0.15, 0.2) is 18.2 Å². The monoisotopic (exact) mass is 274 g/mol.